The van der Waals surface area contributed by atoms with Gasteiger partial charge >= 0.3 is 0 Å². The average molecular weight is 250 g/mol. The molecule has 0 aromatic carbocycles. The van der Waals surface area contributed by atoms with E-state index in [0.29, 0.717) is 6.04 Å². The highest BCUT2D eigenvalue weighted by Crippen LogP contribution is 2.45. The Morgan fingerprint density at radius 1 is 1.00 bits per heavy atom. The van der Waals surface area contributed by atoms with Crippen LogP contribution in [0.25, 0.3) is 0 Å². The Kier molecular flexibility index (Phi) is 3.95. The number of likely N-dealkylation sites (tertiary alicyclic amines) is 1. The Bertz CT molecular complexity index is 274. The summed E-state index contributed by atoms with van der Waals surface area (Å²) in [5, 5.41) is 0. The van der Waals surface area contributed by atoms with Crippen molar-refractivity contribution in [2.75, 3.05) is 13.1 Å². The summed E-state index contributed by atoms with van der Waals surface area (Å²) in [5.41, 5.74) is 6.06. The second-order valence-corrected chi connectivity index (χ2v) is 7.08. The van der Waals surface area contributed by atoms with E-state index >= 15 is 0 Å². The van der Waals surface area contributed by atoms with E-state index in [4.69, 9.17) is 5.73 Å². The van der Waals surface area contributed by atoms with E-state index in [2.05, 4.69) is 11.8 Å². The lowest BCUT2D eigenvalue weighted by Gasteiger charge is -2.46. The minimum Gasteiger partial charge on any atom is -0.329 e. The van der Waals surface area contributed by atoms with Crippen LogP contribution in [0.2, 0.25) is 0 Å². The molecule has 2 nitrogen and oxygen atoms in total. The van der Waals surface area contributed by atoms with E-state index in [1.165, 1.54) is 57.9 Å². The van der Waals surface area contributed by atoms with E-state index in [0.717, 1.165) is 30.3 Å². The first-order valence-corrected chi connectivity index (χ1v) is 8.25. The summed E-state index contributed by atoms with van der Waals surface area (Å²) >= 11 is 0. The molecular weight excluding hydrogens is 220 g/mol. The highest BCUT2D eigenvalue weighted by Gasteiger charge is 2.39. The van der Waals surface area contributed by atoms with Crippen LogP contribution in [0.15, 0.2) is 0 Å². The van der Waals surface area contributed by atoms with Gasteiger partial charge in [0.05, 0.1) is 0 Å². The predicted molar refractivity (Wildman–Crippen MR) is 76.4 cm³/mol. The molecule has 0 radical (unpaired) electrons. The van der Waals surface area contributed by atoms with Crippen LogP contribution in [0, 0.1) is 17.8 Å². The molecule has 104 valence electrons. The summed E-state index contributed by atoms with van der Waals surface area (Å²) in [6.07, 6.45) is 11.7. The van der Waals surface area contributed by atoms with Gasteiger partial charge in [-0.15, -0.1) is 0 Å². The molecule has 0 aromatic heterocycles. The second-order valence-electron chi connectivity index (χ2n) is 7.08. The number of hydrogen-bond acceptors (Lipinski definition) is 2. The molecule has 4 atom stereocenters. The summed E-state index contributed by atoms with van der Waals surface area (Å²) in [6.45, 7) is 4.59. The quantitative estimate of drug-likeness (QED) is 0.834. The Balaban J connectivity index is 1.64. The molecule has 3 rings (SSSR count). The molecule has 2 aliphatic carbocycles. The van der Waals surface area contributed by atoms with Gasteiger partial charge in [-0.2, -0.15) is 0 Å². The van der Waals surface area contributed by atoms with Gasteiger partial charge in [0.15, 0.2) is 0 Å². The normalized spacial score (nSPS) is 43.0. The van der Waals surface area contributed by atoms with Crippen molar-refractivity contribution in [3.8, 4) is 0 Å². The van der Waals surface area contributed by atoms with E-state index in [1.807, 2.05) is 0 Å². The van der Waals surface area contributed by atoms with Crippen LogP contribution in [0.4, 0.5) is 0 Å². The van der Waals surface area contributed by atoms with Gasteiger partial charge in [-0.3, -0.25) is 4.90 Å². The Labute approximate surface area is 112 Å². The summed E-state index contributed by atoms with van der Waals surface area (Å²) < 4.78 is 0. The fourth-order valence-electron chi connectivity index (χ4n) is 4.60. The van der Waals surface area contributed by atoms with Crippen LogP contribution in [0.1, 0.15) is 58.3 Å². The molecule has 1 heterocycles. The number of piperidine rings is 1. The van der Waals surface area contributed by atoms with Crippen LogP contribution in [0.5, 0.6) is 0 Å². The highest BCUT2D eigenvalue weighted by atomic mass is 15.2. The highest BCUT2D eigenvalue weighted by molar-refractivity contribution is 4.93. The first-order chi connectivity index (χ1) is 8.79. The van der Waals surface area contributed by atoms with Gasteiger partial charge in [-0.05, 0) is 62.8 Å². The maximum atomic E-state index is 6.06. The lowest BCUT2D eigenvalue weighted by Crippen LogP contribution is -2.54. The summed E-state index contributed by atoms with van der Waals surface area (Å²) in [5.74, 6) is 2.97. The first kappa shape index (κ1) is 12.9. The summed E-state index contributed by atoms with van der Waals surface area (Å²) in [4.78, 5) is 2.81. The van der Waals surface area contributed by atoms with Gasteiger partial charge in [0.2, 0.25) is 0 Å². The maximum absolute atomic E-state index is 6.06. The molecule has 18 heavy (non-hydrogen) atoms. The number of nitrogens with two attached hydrogens (primary N) is 1. The Morgan fingerprint density at radius 3 is 2.56 bits per heavy atom. The SMILES string of the molecule is CC1CCCN(C2CCCC(C3CC3)C2)C1CN. The van der Waals surface area contributed by atoms with Crippen LogP contribution < -0.4 is 5.73 Å². The number of hydrogen-bond donors (Lipinski definition) is 1. The molecule has 0 bridgehead atoms. The zero-order valence-electron chi connectivity index (χ0n) is 12.0. The standard InChI is InChI=1S/C16H30N2/c1-12-4-3-9-18(16(12)11-17)15-6-2-5-14(10-15)13-7-8-13/h12-16H,2-11,17H2,1H3. The van der Waals surface area contributed by atoms with E-state index in [1.54, 1.807) is 0 Å². The van der Waals surface area contributed by atoms with Crippen LogP contribution >= 0.6 is 0 Å². The van der Waals surface area contributed by atoms with Crippen molar-refractivity contribution in [3.05, 3.63) is 0 Å². The average Bonchev–Trinajstić information content (AvgIpc) is 3.23. The molecule has 1 saturated heterocycles. The fourth-order valence-corrected chi connectivity index (χ4v) is 4.60. The molecule has 0 amide bonds. The van der Waals surface area contributed by atoms with Crippen molar-refractivity contribution >= 4 is 0 Å². The van der Waals surface area contributed by atoms with Gasteiger partial charge < -0.3 is 5.73 Å². The van der Waals surface area contributed by atoms with Crippen LogP contribution in [-0.4, -0.2) is 30.1 Å². The number of nitrogens with zero attached hydrogens (tertiary/aromatic N) is 1. The molecule has 0 spiro atoms. The van der Waals surface area contributed by atoms with Crippen molar-refractivity contribution in [1.29, 1.82) is 0 Å². The Hall–Kier alpha value is -0.0800. The predicted octanol–water partition coefficient (Wildman–Crippen LogP) is 3.01. The molecule has 3 aliphatic rings. The van der Waals surface area contributed by atoms with Gasteiger partial charge in [0.1, 0.15) is 0 Å². The number of rotatable bonds is 3. The van der Waals surface area contributed by atoms with Crippen molar-refractivity contribution in [1.82, 2.24) is 4.90 Å². The van der Waals surface area contributed by atoms with Crippen LogP contribution in [-0.2, 0) is 0 Å². The molecule has 2 heteroatoms. The van der Waals surface area contributed by atoms with Gasteiger partial charge in [-0.1, -0.05) is 19.8 Å². The molecular formula is C16H30N2. The first-order valence-electron chi connectivity index (χ1n) is 8.25. The Morgan fingerprint density at radius 2 is 1.83 bits per heavy atom. The lowest BCUT2D eigenvalue weighted by molar-refractivity contribution is 0.0314. The third-order valence-corrected chi connectivity index (χ3v) is 5.84. The van der Waals surface area contributed by atoms with Crippen molar-refractivity contribution in [3.63, 3.8) is 0 Å². The zero-order chi connectivity index (χ0) is 12.5. The van der Waals surface area contributed by atoms with E-state index in [9.17, 15) is 0 Å². The summed E-state index contributed by atoms with van der Waals surface area (Å²) in [7, 11) is 0. The third-order valence-electron chi connectivity index (χ3n) is 5.84. The molecule has 3 fully saturated rings. The molecule has 2 saturated carbocycles. The van der Waals surface area contributed by atoms with E-state index in [-0.39, 0.29) is 0 Å². The largest absolute Gasteiger partial charge is 0.329 e. The second kappa shape index (κ2) is 5.50. The zero-order valence-corrected chi connectivity index (χ0v) is 12.0. The van der Waals surface area contributed by atoms with Gasteiger partial charge in [-0.25, -0.2) is 0 Å². The molecule has 4 unspecified atom stereocenters. The monoisotopic (exact) mass is 250 g/mol. The molecule has 2 N–H and O–H groups in total. The van der Waals surface area contributed by atoms with Gasteiger partial charge in [0.25, 0.3) is 0 Å². The van der Waals surface area contributed by atoms with Crippen molar-refractivity contribution in [2.24, 2.45) is 23.5 Å². The van der Waals surface area contributed by atoms with E-state index < -0.39 is 0 Å². The fraction of sp³-hybridized carbons (Fsp3) is 1.00. The lowest BCUT2D eigenvalue weighted by atomic mass is 9.79. The minimum absolute atomic E-state index is 0.668. The smallest absolute Gasteiger partial charge is 0.0246 e. The topological polar surface area (TPSA) is 29.3 Å². The van der Waals surface area contributed by atoms with Crippen molar-refractivity contribution in [2.45, 2.75) is 70.4 Å². The third kappa shape index (κ3) is 2.60. The molecule has 1 aliphatic heterocycles. The molecule has 0 aromatic rings. The van der Waals surface area contributed by atoms with Gasteiger partial charge in [0, 0.05) is 18.6 Å². The minimum atomic E-state index is 0.668. The summed E-state index contributed by atoms with van der Waals surface area (Å²) in [6, 6.07) is 1.53. The van der Waals surface area contributed by atoms with Crippen LogP contribution in [0.3, 0.4) is 0 Å². The van der Waals surface area contributed by atoms with Crippen molar-refractivity contribution < 1.29 is 0 Å². The maximum Gasteiger partial charge on any atom is 0.0246 e.